The van der Waals surface area contributed by atoms with Crippen LogP contribution in [0.4, 0.5) is 68.2 Å². The van der Waals surface area contributed by atoms with Gasteiger partial charge < -0.3 is 30.5 Å². The standard InChI is InChI=1S/C62H47N11O20S5/c1-3-25-93-52-31-49(70-66-44-23-24-53(95(81,82)83)42-28-36(94(78,79)80)29-51(74)56(42)44)32(2)26-50(52)71-73-58-55(97(87,88)89)30-41-40(61(58)77)18-22-48(62(41)98(90,91)92)69-72-57-38-16-21-47(60(76)39(38)17-20-45(57)63-34-9-5-4-6-10-34)67-64-35-14-15-37-33(27-35)13-19-46(59(37)75)68-65-43-11-7-8-12-54(43)96(84,85)86/h4-24,26-31,63,74-77H,3,25H2,1-2H3,(H,78,79,80)(H,81,82,83)(H,84,85,86)(H,87,88,89)(H,90,91,92). The zero-order valence-electron chi connectivity index (χ0n) is 50.0. The summed E-state index contributed by atoms with van der Waals surface area (Å²) in [5, 5.41) is 89.2. The molecule has 11 aromatic carbocycles. The minimum Gasteiger partial charge on any atom is -0.507 e. The van der Waals surface area contributed by atoms with E-state index in [1.165, 1.54) is 79.7 Å². The molecule has 0 spiro atoms. The van der Waals surface area contributed by atoms with Crippen LogP contribution in [0.1, 0.15) is 18.9 Å². The summed E-state index contributed by atoms with van der Waals surface area (Å²) >= 11 is 0. The number of anilines is 2. The quantitative estimate of drug-likeness (QED) is 0.0250. The van der Waals surface area contributed by atoms with Gasteiger partial charge in [-0.15, -0.1) is 40.9 Å². The van der Waals surface area contributed by atoms with Crippen LogP contribution < -0.4 is 10.1 Å². The van der Waals surface area contributed by atoms with Gasteiger partial charge >= 0.3 is 0 Å². The Morgan fingerprint density at radius 3 is 1.65 bits per heavy atom. The Labute approximate surface area is 554 Å². The van der Waals surface area contributed by atoms with Gasteiger partial charge in [-0.2, -0.15) is 52.3 Å². The number of nitrogens with zero attached hydrogens (tertiary/aromatic N) is 10. The highest BCUT2D eigenvalue weighted by molar-refractivity contribution is 7.87. The molecule has 0 amide bonds. The molecule has 0 aliphatic heterocycles. The van der Waals surface area contributed by atoms with Crippen molar-refractivity contribution in [3.8, 4) is 28.7 Å². The summed E-state index contributed by atoms with van der Waals surface area (Å²) in [5.74, 6) is -2.76. The number of azo groups is 5. The topological polar surface area (TPSA) is 498 Å². The summed E-state index contributed by atoms with van der Waals surface area (Å²) in [7, 11) is -25.7. The molecule has 0 heterocycles. The van der Waals surface area contributed by atoms with Crippen LogP contribution in [0.3, 0.4) is 0 Å². The highest BCUT2D eigenvalue weighted by atomic mass is 32.2. The molecule has 0 radical (unpaired) electrons. The maximum atomic E-state index is 13.5. The molecule has 0 saturated carbocycles. The number of rotatable bonds is 20. The molecule has 11 rings (SSSR count). The van der Waals surface area contributed by atoms with E-state index in [-0.39, 0.29) is 85.6 Å². The second kappa shape index (κ2) is 26.4. The Hall–Kier alpha value is -11.2. The monoisotopic (exact) mass is 1430 g/mol. The smallest absolute Gasteiger partial charge is 0.297 e. The fraction of sp³-hybridized carbons (Fsp3) is 0.0645. The van der Waals surface area contributed by atoms with Gasteiger partial charge in [0.15, 0.2) is 17.2 Å². The second-order valence-corrected chi connectivity index (χ2v) is 28.1. The van der Waals surface area contributed by atoms with Crippen molar-refractivity contribution < 1.29 is 90.0 Å². The number of aromatic hydroxyl groups is 4. The lowest BCUT2D eigenvalue weighted by atomic mass is 10.0. The number of nitrogens with one attached hydrogen (secondary N) is 1. The first-order valence-electron chi connectivity index (χ1n) is 28.1. The van der Waals surface area contributed by atoms with E-state index in [4.69, 9.17) is 4.74 Å². The van der Waals surface area contributed by atoms with Crippen molar-refractivity contribution in [1.82, 2.24) is 0 Å². The van der Waals surface area contributed by atoms with Crippen molar-refractivity contribution in [2.45, 2.75) is 44.7 Å². The normalized spacial score (nSPS) is 12.9. The summed E-state index contributed by atoms with van der Waals surface area (Å²) in [6.07, 6.45) is 0.415. The van der Waals surface area contributed by atoms with Gasteiger partial charge in [-0.05, 0) is 140 Å². The summed E-state index contributed by atoms with van der Waals surface area (Å²) in [6.45, 7) is 3.28. The van der Waals surface area contributed by atoms with E-state index in [0.717, 1.165) is 30.3 Å². The molecule has 0 unspecified atom stereocenters. The number of phenols is 4. The Kier molecular flexibility index (Phi) is 18.4. The molecule has 98 heavy (non-hydrogen) atoms. The largest absolute Gasteiger partial charge is 0.507 e. The molecule has 36 heteroatoms. The SMILES string of the molecule is CCCOc1cc(N=Nc2ccc(S(=O)(=O)O)c3cc(S(=O)(=O)O)cc(O)c23)c(C)cc1N=Nc1c(S(=O)(=O)O)cc2c(S(=O)(=O)O)c(N=Nc3c(Nc4ccccc4)ccc4c(O)c(N=Nc5ccc6c(O)c(N=Nc7ccccc7S(=O)(=O)O)ccc6c5)ccc34)ccc2c1O. The third kappa shape index (κ3) is 14.2. The van der Waals surface area contributed by atoms with E-state index in [2.05, 4.69) is 56.5 Å². The highest BCUT2D eigenvalue weighted by Crippen LogP contribution is 2.49. The molecular formula is C62H47N11O20S5. The summed E-state index contributed by atoms with van der Waals surface area (Å²) < 4.78 is 182. The van der Waals surface area contributed by atoms with Gasteiger partial charge in [0, 0.05) is 50.1 Å². The fourth-order valence-corrected chi connectivity index (χ4v) is 13.4. The fourth-order valence-electron chi connectivity index (χ4n) is 10.1. The minimum atomic E-state index is -5.50. The molecule has 10 N–H and O–H groups in total. The second-order valence-electron chi connectivity index (χ2n) is 21.1. The predicted octanol–water partition coefficient (Wildman–Crippen LogP) is 16.3. The summed E-state index contributed by atoms with van der Waals surface area (Å²) in [5.41, 5.74) is -0.919. The number of aryl methyl sites for hydroxylation is 1. The molecule has 500 valence electrons. The van der Waals surface area contributed by atoms with Crippen LogP contribution in [-0.2, 0) is 50.6 Å². The lowest BCUT2D eigenvalue weighted by molar-refractivity contribution is 0.318. The van der Waals surface area contributed by atoms with Gasteiger partial charge in [0.2, 0.25) is 0 Å². The maximum Gasteiger partial charge on any atom is 0.297 e. The maximum absolute atomic E-state index is 13.5. The number of benzene rings is 11. The predicted molar refractivity (Wildman–Crippen MR) is 356 cm³/mol. The zero-order chi connectivity index (χ0) is 70.4. The summed E-state index contributed by atoms with van der Waals surface area (Å²) in [4.78, 5) is -4.56. The van der Waals surface area contributed by atoms with Crippen LogP contribution in [0.25, 0.3) is 43.1 Å². The first-order valence-corrected chi connectivity index (χ1v) is 35.3. The molecule has 0 aliphatic rings. The molecule has 0 fully saturated rings. The van der Waals surface area contributed by atoms with E-state index in [0.29, 0.717) is 41.1 Å². The van der Waals surface area contributed by atoms with Gasteiger partial charge in [-0.25, -0.2) is 0 Å². The molecule has 0 bridgehead atoms. The molecule has 0 saturated heterocycles. The Morgan fingerprint density at radius 2 is 0.959 bits per heavy atom. The van der Waals surface area contributed by atoms with Crippen LogP contribution in [0, 0.1) is 6.92 Å². The van der Waals surface area contributed by atoms with E-state index in [1.54, 1.807) is 49.4 Å². The Morgan fingerprint density at radius 1 is 0.398 bits per heavy atom. The van der Waals surface area contributed by atoms with E-state index >= 15 is 0 Å². The lowest BCUT2D eigenvalue weighted by Crippen LogP contribution is -2.03. The van der Waals surface area contributed by atoms with Crippen LogP contribution in [-0.4, -0.2) is 91.9 Å². The molecular weight excluding hydrogens is 1380 g/mol. The van der Waals surface area contributed by atoms with Gasteiger partial charge in [0.25, 0.3) is 50.6 Å². The van der Waals surface area contributed by atoms with Crippen molar-refractivity contribution in [1.29, 1.82) is 0 Å². The Bertz CT molecular complexity index is 5950. The third-order valence-electron chi connectivity index (χ3n) is 14.6. The van der Waals surface area contributed by atoms with Crippen LogP contribution in [0.2, 0.25) is 0 Å². The van der Waals surface area contributed by atoms with Gasteiger partial charge in [-0.3, -0.25) is 22.8 Å². The highest BCUT2D eigenvalue weighted by Gasteiger charge is 2.29. The first-order chi connectivity index (χ1) is 46.3. The average molecular weight is 1430 g/mol. The van der Waals surface area contributed by atoms with Gasteiger partial charge in [0.1, 0.15) is 70.9 Å². The summed E-state index contributed by atoms with van der Waals surface area (Å²) in [6, 6.07) is 36.0. The first kappa shape index (κ1) is 68.2. The minimum absolute atomic E-state index is 0.0261. The average Bonchev–Trinajstić information content (AvgIpc) is 0.667. The number of phenolic OH excluding ortho intramolecular Hbond substituents is 4. The van der Waals surface area contributed by atoms with E-state index in [1.807, 2.05) is 0 Å². The number of hydrogen-bond donors (Lipinski definition) is 10. The van der Waals surface area contributed by atoms with Crippen molar-refractivity contribution in [2.24, 2.45) is 51.1 Å². The Balaban J connectivity index is 0.938. The zero-order valence-corrected chi connectivity index (χ0v) is 54.1. The van der Waals surface area contributed by atoms with Crippen LogP contribution in [0.15, 0.2) is 239 Å². The third-order valence-corrected chi connectivity index (χ3v) is 19.1. The van der Waals surface area contributed by atoms with Crippen molar-refractivity contribution in [3.63, 3.8) is 0 Å². The van der Waals surface area contributed by atoms with Gasteiger partial charge in [-0.1, -0.05) is 43.3 Å². The van der Waals surface area contributed by atoms with E-state index in [9.17, 15) is 85.3 Å². The van der Waals surface area contributed by atoms with Crippen LogP contribution >= 0.6 is 0 Å². The molecule has 11 aromatic rings. The molecule has 0 aromatic heterocycles. The lowest BCUT2D eigenvalue weighted by Gasteiger charge is -2.14. The number of fused-ring (bicyclic) bond motifs is 4. The number of para-hydroxylation sites is 1. The molecule has 0 atom stereocenters. The van der Waals surface area contributed by atoms with Crippen molar-refractivity contribution >= 4 is 162 Å². The molecule has 31 nitrogen and oxygen atoms in total. The number of hydrogen-bond acceptors (Lipinski definition) is 26. The van der Waals surface area contributed by atoms with Gasteiger partial charge in [0.05, 0.1) is 39.6 Å². The van der Waals surface area contributed by atoms with E-state index < -0.39 is 125 Å². The van der Waals surface area contributed by atoms with Crippen molar-refractivity contribution in [2.75, 3.05) is 11.9 Å². The van der Waals surface area contributed by atoms with Crippen molar-refractivity contribution in [3.05, 3.63) is 169 Å². The number of ether oxygens (including phenoxy) is 1. The molecule has 0 aliphatic carbocycles. The van der Waals surface area contributed by atoms with Crippen LogP contribution in [0.5, 0.6) is 28.7 Å².